The fourth-order valence-electron chi connectivity index (χ4n) is 5.20. The molecule has 2 unspecified atom stereocenters. The SMILES string of the molecule is COCOC[C@@H]1c2[nH]c3ccccc3c2C[C@@H]2C(=O)C3(CC(=O)N21)CC3C. The number of para-hydroxylation sites is 1. The normalized spacial score (nSPS) is 32.1. The van der Waals surface area contributed by atoms with E-state index in [4.69, 9.17) is 9.47 Å². The summed E-state index contributed by atoms with van der Waals surface area (Å²) < 4.78 is 10.7. The Morgan fingerprint density at radius 2 is 2.07 bits per heavy atom. The van der Waals surface area contributed by atoms with Crippen molar-refractivity contribution in [2.24, 2.45) is 11.3 Å². The fourth-order valence-corrected chi connectivity index (χ4v) is 5.20. The zero-order valence-electron chi connectivity index (χ0n) is 15.7. The molecule has 142 valence electrons. The molecule has 1 aliphatic carbocycles. The van der Waals surface area contributed by atoms with Crippen LogP contribution in [0.3, 0.4) is 0 Å². The number of methoxy groups -OCH3 is 1. The van der Waals surface area contributed by atoms with Crippen molar-refractivity contribution in [3.8, 4) is 0 Å². The highest BCUT2D eigenvalue weighted by Crippen LogP contribution is 2.60. The molecular formula is C21H24N2O4. The van der Waals surface area contributed by atoms with E-state index in [9.17, 15) is 9.59 Å². The van der Waals surface area contributed by atoms with Crippen molar-refractivity contribution in [3.63, 3.8) is 0 Å². The molecule has 1 saturated carbocycles. The van der Waals surface area contributed by atoms with Crippen LogP contribution in [0.25, 0.3) is 10.9 Å². The van der Waals surface area contributed by atoms with Crippen molar-refractivity contribution >= 4 is 22.6 Å². The van der Waals surface area contributed by atoms with E-state index in [2.05, 4.69) is 18.0 Å². The van der Waals surface area contributed by atoms with Crippen LogP contribution in [0.1, 0.15) is 37.1 Å². The molecule has 1 N–H and O–H groups in total. The number of hydrogen-bond acceptors (Lipinski definition) is 4. The molecule has 3 heterocycles. The summed E-state index contributed by atoms with van der Waals surface area (Å²) in [6.07, 6.45) is 1.76. The summed E-state index contributed by atoms with van der Waals surface area (Å²) in [5, 5.41) is 1.13. The first kappa shape index (κ1) is 17.0. The Morgan fingerprint density at radius 1 is 1.30 bits per heavy atom. The quantitative estimate of drug-likeness (QED) is 0.665. The van der Waals surface area contributed by atoms with Gasteiger partial charge in [0.15, 0.2) is 5.78 Å². The van der Waals surface area contributed by atoms with Gasteiger partial charge in [0.2, 0.25) is 5.91 Å². The highest BCUT2D eigenvalue weighted by molar-refractivity contribution is 6.03. The molecule has 27 heavy (non-hydrogen) atoms. The lowest BCUT2D eigenvalue weighted by Gasteiger charge is -2.46. The molecular weight excluding hydrogens is 344 g/mol. The summed E-state index contributed by atoms with van der Waals surface area (Å²) in [6, 6.07) is 7.44. The summed E-state index contributed by atoms with van der Waals surface area (Å²) in [5.41, 5.74) is 2.75. The topological polar surface area (TPSA) is 71.6 Å². The Kier molecular flexibility index (Phi) is 3.71. The van der Waals surface area contributed by atoms with Gasteiger partial charge in [0.1, 0.15) is 6.79 Å². The van der Waals surface area contributed by atoms with Crippen LogP contribution in [0.2, 0.25) is 0 Å². The van der Waals surface area contributed by atoms with Crippen molar-refractivity contribution < 1.29 is 19.1 Å². The van der Waals surface area contributed by atoms with Crippen LogP contribution < -0.4 is 0 Å². The van der Waals surface area contributed by atoms with Crippen LogP contribution in [-0.2, 0) is 25.5 Å². The van der Waals surface area contributed by atoms with Gasteiger partial charge in [-0.2, -0.15) is 0 Å². The number of rotatable bonds is 4. The molecule has 2 aromatic rings. The lowest BCUT2D eigenvalue weighted by molar-refractivity contribution is -0.158. The number of hydrogen-bond donors (Lipinski definition) is 1. The van der Waals surface area contributed by atoms with Gasteiger partial charge in [-0.1, -0.05) is 25.1 Å². The van der Waals surface area contributed by atoms with Crippen LogP contribution in [0.15, 0.2) is 24.3 Å². The van der Waals surface area contributed by atoms with Crippen LogP contribution in [-0.4, -0.2) is 48.1 Å². The number of Topliss-reactive ketones (excluding diaryl/α,β-unsaturated/α-hetero) is 1. The minimum atomic E-state index is -0.417. The predicted molar refractivity (Wildman–Crippen MR) is 99.0 cm³/mol. The van der Waals surface area contributed by atoms with E-state index in [1.165, 1.54) is 0 Å². The molecule has 4 atom stereocenters. The van der Waals surface area contributed by atoms with Gasteiger partial charge in [0.25, 0.3) is 0 Å². The first-order valence-corrected chi connectivity index (χ1v) is 9.58. The molecule has 2 fully saturated rings. The van der Waals surface area contributed by atoms with Crippen LogP contribution in [0.5, 0.6) is 0 Å². The second-order valence-electron chi connectivity index (χ2n) is 8.18. The predicted octanol–water partition coefficient (Wildman–Crippen LogP) is 2.58. The number of benzene rings is 1. The highest BCUT2D eigenvalue weighted by Gasteiger charge is 2.64. The van der Waals surface area contributed by atoms with Gasteiger partial charge in [-0.05, 0) is 24.0 Å². The molecule has 3 aliphatic rings. The molecule has 5 rings (SSSR count). The first-order valence-electron chi connectivity index (χ1n) is 9.58. The Morgan fingerprint density at radius 3 is 2.81 bits per heavy atom. The minimum Gasteiger partial charge on any atom is -0.359 e. The summed E-state index contributed by atoms with van der Waals surface area (Å²) in [5.74, 6) is 0.616. The second-order valence-corrected chi connectivity index (χ2v) is 8.18. The van der Waals surface area contributed by atoms with Crippen LogP contribution in [0, 0.1) is 11.3 Å². The van der Waals surface area contributed by atoms with Crippen molar-refractivity contribution in [2.45, 2.75) is 38.3 Å². The first-order chi connectivity index (χ1) is 13.1. The molecule has 2 aliphatic heterocycles. The number of nitrogens with zero attached hydrogens (tertiary/aromatic N) is 1. The van der Waals surface area contributed by atoms with E-state index in [0.717, 1.165) is 28.6 Å². The molecule has 6 heteroatoms. The number of carbonyl (C=O) groups is 2. The Hall–Kier alpha value is -2.18. The number of piperidine rings is 1. The van der Waals surface area contributed by atoms with Gasteiger partial charge in [-0.3, -0.25) is 9.59 Å². The summed E-state index contributed by atoms with van der Waals surface area (Å²) in [4.78, 5) is 31.8. The standard InChI is InChI=1S/C21H24N2O4/c1-12-8-21(12)9-18(24)23-16(20(21)25)7-14-13-5-3-4-6-15(13)22-19(14)17(23)10-27-11-26-2/h3-6,12,16-17,22H,7-11H2,1-2H3/t12?,16-,17-,21?/m1/s1. The summed E-state index contributed by atoms with van der Waals surface area (Å²) >= 11 is 0. The van der Waals surface area contributed by atoms with Gasteiger partial charge >= 0.3 is 0 Å². The number of ketones is 1. The minimum absolute atomic E-state index is 0.0688. The number of H-pyrrole nitrogens is 1. The number of ether oxygens (including phenoxy) is 2. The Bertz CT molecular complexity index is 935. The van der Waals surface area contributed by atoms with Gasteiger partial charge in [0, 0.05) is 42.0 Å². The maximum Gasteiger partial charge on any atom is 0.224 e. The number of amides is 1. The number of aromatic nitrogens is 1. The second kappa shape index (κ2) is 5.91. The smallest absolute Gasteiger partial charge is 0.224 e. The molecule has 6 nitrogen and oxygen atoms in total. The third kappa shape index (κ3) is 2.33. The third-order valence-electron chi connectivity index (χ3n) is 6.73. The average Bonchev–Trinajstić information content (AvgIpc) is 3.14. The van der Waals surface area contributed by atoms with E-state index in [-0.39, 0.29) is 30.6 Å². The fraction of sp³-hybridized carbons (Fsp3) is 0.524. The summed E-state index contributed by atoms with van der Waals surface area (Å²) in [7, 11) is 1.58. The number of nitrogens with one attached hydrogen (secondary N) is 1. The molecule has 1 amide bonds. The van der Waals surface area contributed by atoms with E-state index < -0.39 is 5.41 Å². The molecule has 1 aromatic heterocycles. The average molecular weight is 368 g/mol. The van der Waals surface area contributed by atoms with E-state index in [1.54, 1.807) is 12.0 Å². The number of fused-ring (bicyclic) bond motifs is 4. The van der Waals surface area contributed by atoms with E-state index in [0.29, 0.717) is 25.4 Å². The number of carbonyl (C=O) groups excluding carboxylic acids is 2. The van der Waals surface area contributed by atoms with Crippen molar-refractivity contribution in [3.05, 3.63) is 35.5 Å². The lowest BCUT2D eigenvalue weighted by atomic mass is 9.78. The van der Waals surface area contributed by atoms with Crippen molar-refractivity contribution in [2.75, 3.05) is 20.5 Å². The zero-order valence-corrected chi connectivity index (χ0v) is 15.7. The van der Waals surface area contributed by atoms with Crippen LogP contribution in [0.4, 0.5) is 0 Å². The van der Waals surface area contributed by atoms with Crippen molar-refractivity contribution in [1.82, 2.24) is 9.88 Å². The van der Waals surface area contributed by atoms with Gasteiger partial charge in [-0.15, -0.1) is 0 Å². The molecule has 1 spiro atoms. The van der Waals surface area contributed by atoms with Crippen LogP contribution >= 0.6 is 0 Å². The molecule has 0 radical (unpaired) electrons. The maximum absolute atomic E-state index is 13.4. The molecule has 0 bridgehead atoms. The largest absolute Gasteiger partial charge is 0.359 e. The van der Waals surface area contributed by atoms with Crippen molar-refractivity contribution in [1.29, 1.82) is 0 Å². The monoisotopic (exact) mass is 368 g/mol. The van der Waals surface area contributed by atoms with E-state index in [1.807, 2.05) is 18.2 Å². The maximum atomic E-state index is 13.4. The molecule has 1 saturated heterocycles. The van der Waals surface area contributed by atoms with Gasteiger partial charge in [-0.25, -0.2) is 0 Å². The summed E-state index contributed by atoms with van der Waals surface area (Å²) in [6.45, 7) is 2.55. The Labute approximate surface area is 157 Å². The highest BCUT2D eigenvalue weighted by atomic mass is 16.7. The van der Waals surface area contributed by atoms with E-state index >= 15 is 0 Å². The lowest BCUT2D eigenvalue weighted by Crippen LogP contribution is -2.59. The Balaban J connectivity index is 1.60. The third-order valence-corrected chi connectivity index (χ3v) is 6.73. The number of aromatic amines is 1. The van der Waals surface area contributed by atoms with Gasteiger partial charge in [0.05, 0.1) is 18.7 Å². The molecule has 1 aromatic carbocycles. The zero-order chi connectivity index (χ0) is 18.8. The van der Waals surface area contributed by atoms with Gasteiger partial charge < -0.3 is 19.4 Å².